The van der Waals surface area contributed by atoms with Crippen molar-refractivity contribution in [3.05, 3.63) is 24.3 Å². The molecule has 0 aromatic carbocycles. The average Bonchev–Trinajstić information content (AvgIpc) is 3.22. The fourth-order valence-corrected chi connectivity index (χ4v) is 7.31. The molecule has 0 aromatic heterocycles. The van der Waals surface area contributed by atoms with E-state index in [1.807, 2.05) is 0 Å². The number of carbonyl (C=O) groups is 3. The quantitative estimate of drug-likeness (QED) is 0.0263. The predicted molar refractivity (Wildman–Crippen MR) is 247 cm³/mol. The summed E-state index contributed by atoms with van der Waals surface area (Å²) < 4.78 is 16.8. The maximum Gasteiger partial charge on any atom is 0.306 e. The SMILES string of the molecule is CCCCC/C=C\CCCCCCCC(=O)OCC(COC(=O)CCCCCCCCCCCCCCCCCC)OC(=O)CCCCCCC/C=C\CCCCC. The first-order chi connectivity index (χ1) is 28.5. The van der Waals surface area contributed by atoms with Gasteiger partial charge in [-0.2, -0.15) is 0 Å². The maximum absolute atomic E-state index is 12.7. The Bertz CT molecular complexity index is 942. The zero-order chi connectivity index (χ0) is 42.3. The molecule has 0 bridgehead atoms. The predicted octanol–water partition coefficient (Wildman–Crippen LogP) is 16.4. The van der Waals surface area contributed by atoms with Crippen LogP contribution in [0.25, 0.3) is 0 Å². The fraction of sp³-hybridized carbons (Fsp3) is 0.865. The summed E-state index contributed by atoms with van der Waals surface area (Å²) in [5, 5.41) is 0. The van der Waals surface area contributed by atoms with Gasteiger partial charge in [0, 0.05) is 19.3 Å². The summed E-state index contributed by atoms with van der Waals surface area (Å²) in [5.74, 6) is -0.882. The molecule has 0 aliphatic rings. The molecule has 0 aliphatic carbocycles. The molecule has 0 N–H and O–H groups in total. The zero-order valence-corrected chi connectivity index (χ0v) is 38.8. The van der Waals surface area contributed by atoms with Crippen LogP contribution in [0.3, 0.4) is 0 Å². The first-order valence-electron chi connectivity index (χ1n) is 25.3. The molecule has 0 fully saturated rings. The van der Waals surface area contributed by atoms with Gasteiger partial charge in [0.2, 0.25) is 0 Å². The standard InChI is InChI=1S/C52H96O6/c1-4-7-10-13-16-19-22-25-26-27-28-31-33-36-39-42-45-51(54)57-48-49(58-52(55)46-43-40-37-34-30-24-21-18-15-12-9-6-3)47-56-50(53)44-41-38-35-32-29-23-20-17-14-11-8-5-2/h17-18,20-21,49H,4-16,19,22-48H2,1-3H3/b20-17-,21-18-. The number of carbonyl (C=O) groups excluding carboxylic acids is 3. The Hall–Kier alpha value is -2.11. The summed E-state index contributed by atoms with van der Waals surface area (Å²) in [4.78, 5) is 37.9. The number of hydrogen-bond acceptors (Lipinski definition) is 6. The Morgan fingerprint density at radius 2 is 0.569 bits per heavy atom. The summed E-state index contributed by atoms with van der Waals surface area (Å²) in [5.41, 5.74) is 0. The van der Waals surface area contributed by atoms with Crippen LogP contribution < -0.4 is 0 Å². The van der Waals surface area contributed by atoms with Crippen molar-refractivity contribution < 1.29 is 28.6 Å². The second-order valence-corrected chi connectivity index (χ2v) is 17.1. The van der Waals surface area contributed by atoms with Crippen LogP contribution in [0.2, 0.25) is 0 Å². The largest absolute Gasteiger partial charge is 0.462 e. The fourth-order valence-electron chi connectivity index (χ4n) is 7.31. The van der Waals surface area contributed by atoms with E-state index in [0.29, 0.717) is 19.3 Å². The molecule has 0 amide bonds. The van der Waals surface area contributed by atoms with Crippen molar-refractivity contribution in [2.45, 2.75) is 277 Å². The number of ether oxygens (including phenoxy) is 3. The van der Waals surface area contributed by atoms with Crippen molar-refractivity contribution >= 4 is 17.9 Å². The van der Waals surface area contributed by atoms with E-state index < -0.39 is 6.10 Å². The summed E-state index contributed by atoms with van der Waals surface area (Å²) in [7, 11) is 0. The molecule has 0 saturated carbocycles. The van der Waals surface area contributed by atoms with E-state index in [-0.39, 0.29) is 31.1 Å². The normalized spacial score (nSPS) is 12.1. The van der Waals surface area contributed by atoms with Gasteiger partial charge in [-0.25, -0.2) is 0 Å². The minimum atomic E-state index is -0.773. The lowest BCUT2D eigenvalue weighted by Crippen LogP contribution is -2.30. The molecule has 0 saturated heterocycles. The second-order valence-electron chi connectivity index (χ2n) is 17.1. The third-order valence-corrected chi connectivity index (χ3v) is 11.2. The Labute approximate surface area is 360 Å². The topological polar surface area (TPSA) is 78.9 Å². The van der Waals surface area contributed by atoms with E-state index in [9.17, 15) is 14.4 Å². The second kappa shape index (κ2) is 47.6. The van der Waals surface area contributed by atoms with Gasteiger partial charge in [0.05, 0.1) is 0 Å². The molecule has 0 radical (unpaired) electrons. The van der Waals surface area contributed by atoms with Crippen LogP contribution in [-0.4, -0.2) is 37.2 Å². The third kappa shape index (κ3) is 45.0. The summed E-state index contributed by atoms with van der Waals surface area (Å²) in [6.45, 7) is 6.60. The van der Waals surface area contributed by atoms with Crippen molar-refractivity contribution in [1.29, 1.82) is 0 Å². The molecule has 1 unspecified atom stereocenters. The lowest BCUT2D eigenvalue weighted by Gasteiger charge is -2.18. The molecular weight excluding hydrogens is 721 g/mol. The van der Waals surface area contributed by atoms with Crippen LogP contribution in [0.4, 0.5) is 0 Å². The third-order valence-electron chi connectivity index (χ3n) is 11.2. The van der Waals surface area contributed by atoms with Crippen LogP contribution >= 0.6 is 0 Å². The molecule has 6 nitrogen and oxygen atoms in total. The maximum atomic E-state index is 12.7. The smallest absolute Gasteiger partial charge is 0.306 e. The van der Waals surface area contributed by atoms with E-state index in [4.69, 9.17) is 14.2 Å². The lowest BCUT2D eigenvalue weighted by molar-refractivity contribution is -0.167. The van der Waals surface area contributed by atoms with E-state index in [1.165, 1.54) is 161 Å². The highest BCUT2D eigenvalue weighted by atomic mass is 16.6. The van der Waals surface area contributed by atoms with Gasteiger partial charge >= 0.3 is 17.9 Å². The molecule has 340 valence electrons. The van der Waals surface area contributed by atoms with E-state index >= 15 is 0 Å². The van der Waals surface area contributed by atoms with Gasteiger partial charge in [0.15, 0.2) is 6.10 Å². The van der Waals surface area contributed by atoms with Gasteiger partial charge in [-0.05, 0) is 70.6 Å². The van der Waals surface area contributed by atoms with Crippen molar-refractivity contribution in [2.75, 3.05) is 13.2 Å². The number of rotatable bonds is 46. The molecule has 58 heavy (non-hydrogen) atoms. The molecule has 0 heterocycles. The van der Waals surface area contributed by atoms with Crippen LogP contribution in [-0.2, 0) is 28.6 Å². The van der Waals surface area contributed by atoms with Crippen molar-refractivity contribution in [3.8, 4) is 0 Å². The van der Waals surface area contributed by atoms with Crippen LogP contribution in [0.5, 0.6) is 0 Å². The van der Waals surface area contributed by atoms with Crippen LogP contribution in [0.1, 0.15) is 271 Å². The molecule has 1 atom stereocenters. The summed E-state index contributed by atoms with van der Waals surface area (Å²) >= 11 is 0. The Balaban J connectivity index is 4.33. The molecule has 0 spiro atoms. The van der Waals surface area contributed by atoms with E-state index in [1.54, 1.807) is 0 Å². The minimum absolute atomic E-state index is 0.0737. The van der Waals surface area contributed by atoms with Crippen LogP contribution in [0, 0.1) is 0 Å². The average molecular weight is 817 g/mol. The first-order valence-corrected chi connectivity index (χ1v) is 25.3. The Morgan fingerprint density at radius 3 is 0.897 bits per heavy atom. The molecule has 0 aliphatic heterocycles. The Morgan fingerprint density at radius 1 is 0.328 bits per heavy atom. The summed E-state index contributed by atoms with van der Waals surface area (Å²) in [6.07, 6.45) is 53.0. The molecule has 6 heteroatoms. The minimum Gasteiger partial charge on any atom is -0.462 e. The number of unbranched alkanes of at least 4 members (excludes halogenated alkanes) is 31. The monoisotopic (exact) mass is 817 g/mol. The number of allylic oxidation sites excluding steroid dienone is 4. The van der Waals surface area contributed by atoms with Gasteiger partial charge in [0.25, 0.3) is 0 Å². The number of esters is 3. The van der Waals surface area contributed by atoms with Gasteiger partial charge in [0.1, 0.15) is 13.2 Å². The summed E-state index contributed by atoms with van der Waals surface area (Å²) in [6, 6.07) is 0. The van der Waals surface area contributed by atoms with E-state index in [0.717, 1.165) is 70.6 Å². The highest BCUT2D eigenvalue weighted by Crippen LogP contribution is 2.16. The van der Waals surface area contributed by atoms with Crippen LogP contribution in [0.15, 0.2) is 24.3 Å². The van der Waals surface area contributed by atoms with Crippen molar-refractivity contribution in [1.82, 2.24) is 0 Å². The molecule has 0 aromatic rings. The van der Waals surface area contributed by atoms with Crippen molar-refractivity contribution in [3.63, 3.8) is 0 Å². The first kappa shape index (κ1) is 55.9. The van der Waals surface area contributed by atoms with Gasteiger partial charge < -0.3 is 14.2 Å². The number of hydrogen-bond donors (Lipinski definition) is 0. The Kier molecular flexibility index (Phi) is 45.8. The zero-order valence-electron chi connectivity index (χ0n) is 38.8. The molecular formula is C52H96O6. The highest BCUT2D eigenvalue weighted by Gasteiger charge is 2.19. The van der Waals surface area contributed by atoms with Gasteiger partial charge in [-0.1, -0.05) is 206 Å². The van der Waals surface area contributed by atoms with E-state index in [2.05, 4.69) is 45.1 Å². The molecule has 0 rings (SSSR count). The highest BCUT2D eigenvalue weighted by molar-refractivity contribution is 5.71. The van der Waals surface area contributed by atoms with Gasteiger partial charge in [-0.15, -0.1) is 0 Å². The lowest BCUT2D eigenvalue weighted by atomic mass is 10.0. The van der Waals surface area contributed by atoms with Gasteiger partial charge in [-0.3, -0.25) is 14.4 Å². The van der Waals surface area contributed by atoms with Crippen molar-refractivity contribution in [2.24, 2.45) is 0 Å².